The van der Waals surface area contributed by atoms with Gasteiger partial charge in [-0.05, 0) is 18.9 Å². The van der Waals surface area contributed by atoms with Crippen molar-refractivity contribution in [1.29, 1.82) is 0 Å². The fourth-order valence-corrected chi connectivity index (χ4v) is 2.85. The van der Waals surface area contributed by atoms with E-state index >= 15 is 0 Å². The standard InChI is InChI=1S/C13H24N2OS/c1-5-6-7-14-8-11-13(10(2)3)15-12(17-11)9-16-4/h10,14H,5-9H2,1-4H3. The summed E-state index contributed by atoms with van der Waals surface area (Å²) in [5.74, 6) is 0.486. The average molecular weight is 256 g/mol. The number of ether oxygens (including phenoxy) is 1. The molecule has 1 aromatic rings. The van der Waals surface area contributed by atoms with Gasteiger partial charge in [0.15, 0.2) is 0 Å². The lowest BCUT2D eigenvalue weighted by atomic mass is 10.1. The van der Waals surface area contributed by atoms with Crippen molar-refractivity contribution in [3.05, 3.63) is 15.6 Å². The van der Waals surface area contributed by atoms with Crippen LogP contribution in [-0.4, -0.2) is 18.6 Å². The van der Waals surface area contributed by atoms with Gasteiger partial charge in [-0.3, -0.25) is 0 Å². The van der Waals surface area contributed by atoms with Gasteiger partial charge in [0, 0.05) is 18.5 Å². The van der Waals surface area contributed by atoms with Crippen molar-refractivity contribution in [2.75, 3.05) is 13.7 Å². The number of unbranched alkanes of at least 4 members (excludes halogenated alkanes) is 1. The van der Waals surface area contributed by atoms with Crippen molar-refractivity contribution in [3.63, 3.8) is 0 Å². The zero-order valence-corrected chi connectivity index (χ0v) is 12.2. The molecule has 0 aliphatic carbocycles. The number of rotatable bonds is 8. The van der Waals surface area contributed by atoms with E-state index in [0.717, 1.165) is 18.1 Å². The van der Waals surface area contributed by atoms with E-state index in [2.05, 4.69) is 31.1 Å². The third-order valence-electron chi connectivity index (χ3n) is 2.58. The molecular formula is C13H24N2OS. The molecule has 0 bridgehead atoms. The van der Waals surface area contributed by atoms with Crippen molar-refractivity contribution < 1.29 is 4.74 Å². The Morgan fingerprint density at radius 2 is 2.18 bits per heavy atom. The molecule has 0 atom stereocenters. The zero-order chi connectivity index (χ0) is 12.7. The van der Waals surface area contributed by atoms with Gasteiger partial charge in [-0.2, -0.15) is 0 Å². The van der Waals surface area contributed by atoms with Crippen LogP contribution in [0.1, 0.15) is 55.1 Å². The first-order valence-corrected chi connectivity index (χ1v) is 7.18. The number of nitrogens with one attached hydrogen (secondary N) is 1. The highest BCUT2D eigenvalue weighted by Crippen LogP contribution is 2.25. The van der Waals surface area contributed by atoms with Gasteiger partial charge in [0.25, 0.3) is 0 Å². The molecule has 0 fully saturated rings. The fraction of sp³-hybridized carbons (Fsp3) is 0.769. The topological polar surface area (TPSA) is 34.1 Å². The molecule has 0 unspecified atom stereocenters. The van der Waals surface area contributed by atoms with Crippen molar-refractivity contribution in [2.45, 2.75) is 52.7 Å². The van der Waals surface area contributed by atoms with Crippen LogP contribution >= 0.6 is 11.3 Å². The molecule has 0 aliphatic rings. The second-order valence-electron chi connectivity index (χ2n) is 4.53. The number of methoxy groups -OCH3 is 1. The largest absolute Gasteiger partial charge is 0.378 e. The van der Waals surface area contributed by atoms with E-state index in [1.165, 1.54) is 23.4 Å². The smallest absolute Gasteiger partial charge is 0.119 e. The molecule has 3 nitrogen and oxygen atoms in total. The van der Waals surface area contributed by atoms with Crippen LogP contribution in [0.4, 0.5) is 0 Å². The molecule has 0 aliphatic heterocycles. The lowest BCUT2D eigenvalue weighted by Gasteiger charge is -2.06. The minimum Gasteiger partial charge on any atom is -0.378 e. The number of hydrogen-bond acceptors (Lipinski definition) is 4. The summed E-state index contributed by atoms with van der Waals surface area (Å²) in [6.45, 7) is 9.26. The normalized spacial score (nSPS) is 11.4. The number of thiazole rings is 1. The Kier molecular flexibility index (Phi) is 6.70. The minimum absolute atomic E-state index is 0.486. The Labute approximate surface area is 109 Å². The number of hydrogen-bond donors (Lipinski definition) is 1. The molecule has 1 aromatic heterocycles. The molecule has 0 aromatic carbocycles. The molecular weight excluding hydrogens is 232 g/mol. The fourth-order valence-electron chi connectivity index (χ4n) is 1.68. The predicted octanol–water partition coefficient (Wildman–Crippen LogP) is 3.30. The summed E-state index contributed by atoms with van der Waals surface area (Å²) in [6, 6.07) is 0. The average Bonchev–Trinajstić information content (AvgIpc) is 2.68. The van der Waals surface area contributed by atoms with E-state index < -0.39 is 0 Å². The molecule has 98 valence electrons. The van der Waals surface area contributed by atoms with Crippen LogP contribution in [0.5, 0.6) is 0 Å². The van der Waals surface area contributed by atoms with Crippen LogP contribution in [0.3, 0.4) is 0 Å². The maximum atomic E-state index is 5.15. The van der Waals surface area contributed by atoms with Crippen LogP contribution in [0.25, 0.3) is 0 Å². The van der Waals surface area contributed by atoms with Crippen LogP contribution < -0.4 is 5.32 Å². The lowest BCUT2D eigenvalue weighted by Crippen LogP contribution is -2.14. The van der Waals surface area contributed by atoms with Crippen molar-refractivity contribution in [1.82, 2.24) is 10.3 Å². The van der Waals surface area contributed by atoms with Gasteiger partial charge in [0.1, 0.15) is 5.01 Å². The van der Waals surface area contributed by atoms with Crippen LogP contribution in [0, 0.1) is 0 Å². The van der Waals surface area contributed by atoms with Crippen LogP contribution in [-0.2, 0) is 17.9 Å². The summed E-state index contributed by atoms with van der Waals surface area (Å²) >= 11 is 1.77. The highest BCUT2D eigenvalue weighted by atomic mass is 32.1. The van der Waals surface area contributed by atoms with Gasteiger partial charge in [-0.15, -0.1) is 11.3 Å². The van der Waals surface area contributed by atoms with E-state index in [9.17, 15) is 0 Å². The highest BCUT2D eigenvalue weighted by molar-refractivity contribution is 7.11. The van der Waals surface area contributed by atoms with Crippen molar-refractivity contribution >= 4 is 11.3 Å². The Morgan fingerprint density at radius 1 is 1.41 bits per heavy atom. The van der Waals surface area contributed by atoms with Crippen LogP contribution in [0.15, 0.2) is 0 Å². The first kappa shape index (κ1) is 14.6. The van der Waals surface area contributed by atoms with Gasteiger partial charge in [-0.1, -0.05) is 27.2 Å². The zero-order valence-electron chi connectivity index (χ0n) is 11.4. The highest BCUT2D eigenvalue weighted by Gasteiger charge is 2.13. The van der Waals surface area contributed by atoms with Crippen LogP contribution in [0.2, 0.25) is 0 Å². The summed E-state index contributed by atoms with van der Waals surface area (Å²) in [7, 11) is 1.72. The predicted molar refractivity (Wildman–Crippen MR) is 73.5 cm³/mol. The molecule has 4 heteroatoms. The quantitative estimate of drug-likeness (QED) is 0.725. The number of nitrogens with zero attached hydrogens (tertiary/aromatic N) is 1. The van der Waals surface area contributed by atoms with E-state index in [1.807, 2.05) is 0 Å². The van der Waals surface area contributed by atoms with E-state index in [4.69, 9.17) is 4.74 Å². The molecule has 0 saturated carbocycles. The summed E-state index contributed by atoms with van der Waals surface area (Å²) in [5.41, 5.74) is 1.23. The van der Waals surface area contributed by atoms with E-state index in [-0.39, 0.29) is 0 Å². The molecule has 1 heterocycles. The van der Waals surface area contributed by atoms with Gasteiger partial charge in [0.2, 0.25) is 0 Å². The maximum Gasteiger partial charge on any atom is 0.119 e. The summed E-state index contributed by atoms with van der Waals surface area (Å²) in [6.07, 6.45) is 2.47. The van der Waals surface area contributed by atoms with Gasteiger partial charge in [-0.25, -0.2) is 4.98 Å². The third-order valence-corrected chi connectivity index (χ3v) is 3.62. The lowest BCUT2D eigenvalue weighted by molar-refractivity contribution is 0.184. The molecule has 1 rings (SSSR count). The van der Waals surface area contributed by atoms with E-state index in [1.54, 1.807) is 18.4 Å². The van der Waals surface area contributed by atoms with Gasteiger partial charge < -0.3 is 10.1 Å². The first-order valence-electron chi connectivity index (χ1n) is 6.37. The molecule has 0 amide bonds. The Morgan fingerprint density at radius 3 is 2.76 bits per heavy atom. The summed E-state index contributed by atoms with van der Waals surface area (Å²) in [5, 5.41) is 4.57. The molecule has 0 spiro atoms. The Hall–Kier alpha value is -0.450. The monoisotopic (exact) mass is 256 g/mol. The molecule has 0 saturated heterocycles. The van der Waals surface area contributed by atoms with E-state index in [0.29, 0.717) is 12.5 Å². The maximum absolute atomic E-state index is 5.15. The summed E-state index contributed by atoms with van der Waals surface area (Å²) < 4.78 is 5.15. The molecule has 1 N–H and O–H groups in total. The van der Waals surface area contributed by atoms with Crippen molar-refractivity contribution in [3.8, 4) is 0 Å². The van der Waals surface area contributed by atoms with Gasteiger partial charge >= 0.3 is 0 Å². The molecule has 0 radical (unpaired) electrons. The second-order valence-corrected chi connectivity index (χ2v) is 5.70. The summed E-state index contributed by atoms with van der Waals surface area (Å²) in [4.78, 5) is 6.02. The minimum atomic E-state index is 0.486. The number of aromatic nitrogens is 1. The third kappa shape index (κ3) is 4.74. The first-order chi connectivity index (χ1) is 8.19. The second kappa shape index (κ2) is 7.80. The SMILES string of the molecule is CCCCNCc1sc(COC)nc1C(C)C. The Bertz CT molecular complexity index is 323. The van der Waals surface area contributed by atoms with Gasteiger partial charge in [0.05, 0.1) is 12.3 Å². The Balaban J connectivity index is 2.60. The molecule has 17 heavy (non-hydrogen) atoms. The van der Waals surface area contributed by atoms with Crippen molar-refractivity contribution in [2.24, 2.45) is 0 Å².